The Morgan fingerprint density at radius 1 is 1.26 bits per heavy atom. The van der Waals surface area contributed by atoms with Crippen molar-refractivity contribution in [3.05, 3.63) is 36.0 Å². The molecule has 1 aromatic carbocycles. The van der Waals surface area contributed by atoms with E-state index in [1.165, 1.54) is 11.8 Å². The summed E-state index contributed by atoms with van der Waals surface area (Å²) in [5.74, 6) is -2.54. The van der Waals surface area contributed by atoms with Crippen LogP contribution in [0.15, 0.2) is 30.5 Å². The van der Waals surface area contributed by atoms with Gasteiger partial charge in [0.25, 0.3) is 0 Å². The van der Waals surface area contributed by atoms with E-state index in [1.807, 2.05) is 24.3 Å². The molecule has 1 aliphatic heterocycles. The first kappa shape index (κ1) is 22.3. The fraction of sp³-hybridized carbons (Fsp3) is 0.429. The van der Waals surface area contributed by atoms with E-state index in [9.17, 15) is 19.2 Å². The smallest absolute Gasteiger partial charge is 0.325 e. The molecule has 1 saturated heterocycles. The molecule has 10 heteroatoms. The molecular weight excluding hydrogens is 402 g/mol. The fourth-order valence-electron chi connectivity index (χ4n) is 3.85. The summed E-state index contributed by atoms with van der Waals surface area (Å²) in [4.78, 5) is 53.6. The van der Waals surface area contributed by atoms with Gasteiger partial charge in [0.1, 0.15) is 18.1 Å². The monoisotopic (exact) mass is 429 g/mol. The molecule has 3 amide bonds. The number of likely N-dealkylation sites (tertiary alicyclic amines) is 1. The lowest BCUT2D eigenvalue weighted by atomic mass is 10.0. The zero-order valence-electron chi connectivity index (χ0n) is 17.3. The van der Waals surface area contributed by atoms with Gasteiger partial charge in [-0.25, -0.2) is 0 Å². The molecule has 6 N–H and O–H groups in total. The van der Waals surface area contributed by atoms with Gasteiger partial charge >= 0.3 is 5.97 Å². The second-order valence-electron chi connectivity index (χ2n) is 7.65. The number of nitrogens with two attached hydrogens (primary N) is 1. The number of carbonyl (C=O) groups excluding carboxylic acids is 3. The van der Waals surface area contributed by atoms with E-state index in [2.05, 4.69) is 15.6 Å². The third kappa shape index (κ3) is 5.02. The lowest BCUT2D eigenvalue weighted by Gasteiger charge is -2.29. The first-order valence-corrected chi connectivity index (χ1v) is 10.2. The number of fused-ring (bicyclic) bond motifs is 1. The van der Waals surface area contributed by atoms with Crippen LogP contribution in [0.4, 0.5) is 0 Å². The van der Waals surface area contributed by atoms with E-state index < -0.39 is 41.8 Å². The molecule has 3 rings (SSSR count). The van der Waals surface area contributed by atoms with Gasteiger partial charge in [-0.1, -0.05) is 18.2 Å². The molecule has 3 unspecified atom stereocenters. The largest absolute Gasteiger partial charge is 0.480 e. The zero-order valence-corrected chi connectivity index (χ0v) is 17.3. The number of carbonyl (C=O) groups is 4. The van der Waals surface area contributed by atoms with Crippen LogP contribution < -0.4 is 16.4 Å². The summed E-state index contributed by atoms with van der Waals surface area (Å²) >= 11 is 0. The van der Waals surface area contributed by atoms with Crippen LogP contribution in [0.1, 0.15) is 25.3 Å². The molecule has 2 heterocycles. The van der Waals surface area contributed by atoms with Crippen molar-refractivity contribution in [3.63, 3.8) is 0 Å². The van der Waals surface area contributed by atoms with E-state index >= 15 is 0 Å². The molecule has 166 valence electrons. The summed E-state index contributed by atoms with van der Waals surface area (Å²) in [5, 5.41) is 15.1. The number of nitrogens with zero attached hydrogens (tertiary/aromatic N) is 1. The summed E-state index contributed by atoms with van der Waals surface area (Å²) < 4.78 is 0. The number of rotatable bonds is 8. The quantitative estimate of drug-likeness (QED) is 0.389. The number of aromatic nitrogens is 1. The van der Waals surface area contributed by atoms with E-state index in [1.54, 1.807) is 6.20 Å². The van der Waals surface area contributed by atoms with E-state index in [4.69, 9.17) is 10.8 Å². The maximum atomic E-state index is 13.4. The summed E-state index contributed by atoms with van der Waals surface area (Å²) in [6.45, 7) is 1.45. The molecule has 0 aliphatic carbocycles. The predicted molar refractivity (Wildman–Crippen MR) is 113 cm³/mol. The van der Waals surface area contributed by atoms with E-state index in [0.717, 1.165) is 16.5 Å². The van der Waals surface area contributed by atoms with Crippen LogP contribution in [0, 0.1) is 0 Å². The average molecular weight is 429 g/mol. The van der Waals surface area contributed by atoms with Crippen LogP contribution in [-0.2, 0) is 25.6 Å². The Hall–Kier alpha value is -3.40. The Labute approximate surface area is 179 Å². The number of aliphatic carboxylic acids is 1. The third-order valence-corrected chi connectivity index (χ3v) is 5.49. The topological polar surface area (TPSA) is 158 Å². The van der Waals surface area contributed by atoms with Gasteiger partial charge in [0.15, 0.2) is 0 Å². The average Bonchev–Trinajstić information content (AvgIpc) is 3.40. The van der Waals surface area contributed by atoms with Crippen LogP contribution in [0.25, 0.3) is 10.9 Å². The van der Waals surface area contributed by atoms with Crippen molar-refractivity contribution in [2.45, 2.75) is 44.3 Å². The van der Waals surface area contributed by atoms with Crippen molar-refractivity contribution in [2.75, 3.05) is 13.1 Å². The molecule has 1 aliphatic rings. The number of para-hydroxylation sites is 1. The number of benzene rings is 1. The van der Waals surface area contributed by atoms with E-state index in [-0.39, 0.29) is 13.0 Å². The minimum atomic E-state index is -1.16. The Bertz CT molecular complexity index is 987. The number of hydrogen-bond acceptors (Lipinski definition) is 5. The lowest BCUT2D eigenvalue weighted by molar-refractivity contribution is -0.144. The number of carboxylic acid groups (broad SMARTS) is 1. The molecule has 31 heavy (non-hydrogen) atoms. The molecule has 2 aromatic rings. The Balaban J connectivity index is 1.81. The summed E-state index contributed by atoms with van der Waals surface area (Å²) in [6, 6.07) is 4.87. The highest BCUT2D eigenvalue weighted by Crippen LogP contribution is 2.23. The second-order valence-corrected chi connectivity index (χ2v) is 7.65. The highest BCUT2D eigenvalue weighted by atomic mass is 16.4. The first-order valence-electron chi connectivity index (χ1n) is 10.2. The first-order chi connectivity index (χ1) is 14.8. The van der Waals surface area contributed by atoms with Crippen molar-refractivity contribution in [1.82, 2.24) is 20.5 Å². The van der Waals surface area contributed by atoms with Gasteiger partial charge in [-0.2, -0.15) is 0 Å². The molecule has 10 nitrogen and oxygen atoms in total. The Morgan fingerprint density at radius 3 is 2.71 bits per heavy atom. The maximum Gasteiger partial charge on any atom is 0.325 e. The number of amides is 3. The Kier molecular flexibility index (Phi) is 6.91. The van der Waals surface area contributed by atoms with Crippen molar-refractivity contribution in [2.24, 2.45) is 5.73 Å². The fourth-order valence-corrected chi connectivity index (χ4v) is 3.85. The van der Waals surface area contributed by atoms with E-state index in [0.29, 0.717) is 19.4 Å². The molecule has 0 saturated carbocycles. The Morgan fingerprint density at radius 2 is 2.00 bits per heavy atom. The van der Waals surface area contributed by atoms with Gasteiger partial charge in [0, 0.05) is 30.1 Å². The number of H-pyrrole nitrogens is 1. The van der Waals surface area contributed by atoms with Crippen molar-refractivity contribution < 1.29 is 24.3 Å². The van der Waals surface area contributed by atoms with Gasteiger partial charge in [-0.05, 0) is 31.4 Å². The SMILES string of the molecule is CC(NC(=O)C1CCCN1C(=O)C(Cc1c[nH]c2ccccc12)NC(=O)CN)C(=O)O. The van der Waals surface area contributed by atoms with Crippen LogP contribution in [-0.4, -0.2) is 69.9 Å². The summed E-state index contributed by atoms with van der Waals surface area (Å²) in [6.07, 6.45) is 3.05. The molecule has 1 aromatic heterocycles. The molecular formula is C21H27N5O5. The zero-order chi connectivity index (χ0) is 22.5. The molecule has 3 atom stereocenters. The molecule has 0 bridgehead atoms. The summed E-state index contributed by atoms with van der Waals surface area (Å²) in [7, 11) is 0. The number of hydrogen-bond donors (Lipinski definition) is 5. The maximum absolute atomic E-state index is 13.4. The lowest BCUT2D eigenvalue weighted by Crippen LogP contribution is -2.56. The third-order valence-electron chi connectivity index (χ3n) is 5.49. The van der Waals surface area contributed by atoms with Crippen LogP contribution in [0.2, 0.25) is 0 Å². The van der Waals surface area contributed by atoms with Crippen LogP contribution >= 0.6 is 0 Å². The van der Waals surface area contributed by atoms with Gasteiger partial charge < -0.3 is 31.4 Å². The van der Waals surface area contributed by atoms with Crippen molar-refractivity contribution in [1.29, 1.82) is 0 Å². The van der Waals surface area contributed by atoms with Crippen molar-refractivity contribution >= 4 is 34.6 Å². The minimum absolute atomic E-state index is 0.227. The normalized spacial score (nSPS) is 17.9. The van der Waals surface area contributed by atoms with Gasteiger partial charge in [0.2, 0.25) is 17.7 Å². The van der Waals surface area contributed by atoms with Crippen LogP contribution in [0.3, 0.4) is 0 Å². The van der Waals surface area contributed by atoms with Crippen molar-refractivity contribution in [3.8, 4) is 0 Å². The second kappa shape index (κ2) is 9.61. The number of nitrogens with one attached hydrogen (secondary N) is 3. The number of carboxylic acids is 1. The molecule has 0 radical (unpaired) electrons. The van der Waals surface area contributed by atoms with Gasteiger partial charge in [-0.3, -0.25) is 19.2 Å². The highest BCUT2D eigenvalue weighted by molar-refractivity contribution is 5.94. The standard InChI is InChI=1S/C21H27N5O5/c1-12(21(30)31)24-19(28)17-7-4-8-26(17)20(29)16(25-18(27)10-22)9-13-11-23-15-6-3-2-5-14(13)15/h2-3,5-6,11-12,16-17,23H,4,7-10,22H2,1H3,(H,24,28)(H,25,27)(H,30,31). The van der Waals surface area contributed by atoms with Gasteiger partial charge in [0.05, 0.1) is 6.54 Å². The van der Waals surface area contributed by atoms with Gasteiger partial charge in [-0.15, -0.1) is 0 Å². The van der Waals surface area contributed by atoms with Crippen LogP contribution in [0.5, 0.6) is 0 Å². The highest BCUT2D eigenvalue weighted by Gasteiger charge is 2.38. The molecule has 0 spiro atoms. The molecule has 1 fully saturated rings. The summed E-state index contributed by atoms with van der Waals surface area (Å²) in [5.41, 5.74) is 7.20. The minimum Gasteiger partial charge on any atom is -0.480 e. The number of aromatic amines is 1. The predicted octanol–water partition coefficient (Wildman–Crippen LogP) is -0.266.